The highest BCUT2D eigenvalue weighted by Crippen LogP contribution is 2.28. The molecule has 0 atom stereocenters. The number of nitrogens with zero attached hydrogens (tertiary/aromatic N) is 2. The van der Waals surface area contributed by atoms with Crippen molar-refractivity contribution in [3.8, 4) is 17.6 Å². The number of ether oxygens (including phenoxy) is 1. The van der Waals surface area contributed by atoms with E-state index in [4.69, 9.17) is 10.00 Å². The Hall–Kier alpha value is -3.20. The molecular formula is C14H8N2O4. The molecule has 20 heavy (non-hydrogen) atoms. The molecule has 6 nitrogen and oxygen atoms in total. The van der Waals surface area contributed by atoms with E-state index in [0.29, 0.717) is 17.6 Å². The van der Waals surface area contributed by atoms with Gasteiger partial charge in [-0.1, -0.05) is 6.07 Å². The number of carbonyl (C=O) groups excluding carboxylic acids is 1. The van der Waals surface area contributed by atoms with Crippen molar-refractivity contribution < 1.29 is 14.5 Å². The van der Waals surface area contributed by atoms with E-state index in [0.717, 1.165) is 6.07 Å². The van der Waals surface area contributed by atoms with Crippen molar-refractivity contribution in [1.29, 1.82) is 5.26 Å². The second kappa shape index (κ2) is 5.63. The Bertz CT molecular complexity index is 719. The predicted octanol–water partition coefficient (Wildman–Crippen LogP) is 3.07. The fourth-order valence-electron chi connectivity index (χ4n) is 1.59. The minimum absolute atomic E-state index is 0.0709. The Morgan fingerprint density at radius 2 is 2.05 bits per heavy atom. The summed E-state index contributed by atoms with van der Waals surface area (Å²) < 4.78 is 5.47. The van der Waals surface area contributed by atoms with E-state index in [1.807, 2.05) is 6.07 Å². The number of nitro benzene ring substituents is 1. The molecule has 0 aliphatic rings. The standard InChI is InChI=1S/C14H8N2O4/c15-8-10-2-1-3-13(6-10)20-14-5-4-12(16(18)19)7-11(14)9-17/h1-7,9H. The van der Waals surface area contributed by atoms with Crippen molar-refractivity contribution in [2.75, 3.05) is 0 Å². The third kappa shape index (κ3) is 2.79. The third-order valence-corrected chi connectivity index (χ3v) is 2.52. The Balaban J connectivity index is 2.36. The molecule has 0 amide bonds. The van der Waals surface area contributed by atoms with Gasteiger partial charge in [0.05, 0.1) is 22.1 Å². The topological polar surface area (TPSA) is 93.2 Å². The zero-order valence-electron chi connectivity index (χ0n) is 10.1. The lowest BCUT2D eigenvalue weighted by Gasteiger charge is -2.07. The molecule has 0 N–H and O–H groups in total. The van der Waals surface area contributed by atoms with Crippen molar-refractivity contribution >= 4 is 12.0 Å². The Morgan fingerprint density at radius 3 is 2.70 bits per heavy atom. The second-order valence-corrected chi connectivity index (χ2v) is 3.84. The number of carbonyl (C=O) groups is 1. The van der Waals surface area contributed by atoms with Gasteiger partial charge in [-0.05, 0) is 24.3 Å². The minimum Gasteiger partial charge on any atom is -0.457 e. The van der Waals surface area contributed by atoms with Crippen LogP contribution >= 0.6 is 0 Å². The van der Waals surface area contributed by atoms with Crippen molar-refractivity contribution in [1.82, 2.24) is 0 Å². The number of nitriles is 1. The number of hydrogen-bond acceptors (Lipinski definition) is 5. The van der Waals surface area contributed by atoms with Crippen LogP contribution in [0.15, 0.2) is 42.5 Å². The van der Waals surface area contributed by atoms with E-state index in [1.165, 1.54) is 18.2 Å². The molecule has 2 rings (SSSR count). The molecule has 0 radical (unpaired) electrons. The number of hydrogen-bond donors (Lipinski definition) is 0. The molecule has 0 fully saturated rings. The van der Waals surface area contributed by atoms with Crippen LogP contribution in [0.25, 0.3) is 0 Å². The smallest absolute Gasteiger partial charge is 0.270 e. The summed E-state index contributed by atoms with van der Waals surface area (Å²) in [7, 11) is 0. The van der Waals surface area contributed by atoms with Gasteiger partial charge in [0, 0.05) is 12.1 Å². The lowest BCUT2D eigenvalue weighted by Crippen LogP contribution is -1.94. The summed E-state index contributed by atoms with van der Waals surface area (Å²) in [5.41, 5.74) is 0.295. The van der Waals surface area contributed by atoms with E-state index in [1.54, 1.807) is 18.2 Å². The van der Waals surface area contributed by atoms with Gasteiger partial charge in [-0.2, -0.15) is 5.26 Å². The summed E-state index contributed by atoms with van der Waals surface area (Å²) in [6.45, 7) is 0. The van der Waals surface area contributed by atoms with Crippen LogP contribution < -0.4 is 4.74 Å². The molecule has 0 heterocycles. The van der Waals surface area contributed by atoms with Crippen LogP contribution in [0.5, 0.6) is 11.5 Å². The number of non-ortho nitro benzene ring substituents is 1. The van der Waals surface area contributed by atoms with E-state index in [9.17, 15) is 14.9 Å². The minimum atomic E-state index is -0.590. The zero-order chi connectivity index (χ0) is 14.5. The highest BCUT2D eigenvalue weighted by Gasteiger charge is 2.12. The molecule has 0 aliphatic carbocycles. The highest BCUT2D eigenvalue weighted by molar-refractivity contribution is 5.80. The van der Waals surface area contributed by atoms with Gasteiger partial charge in [0.1, 0.15) is 11.5 Å². The normalized spacial score (nSPS) is 9.55. The van der Waals surface area contributed by atoms with Crippen LogP contribution in [0.4, 0.5) is 5.69 Å². The monoisotopic (exact) mass is 268 g/mol. The Morgan fingerprint density at radius 1 is 1.25 bits per heavy atom. The molecule has 0 saturated carbocycles. The number of rotatable bonds is 4. The third-order valence-electron chi connectivity index (χ3n) is 2.52. The summed E-state index contributed by atoms with van der Waals surface area (Å²) in [5, 5.41) is 19.4. The predicted molar refractivity (Wildman–Crippen MR) is 69.7 cm³/mol. The van der Waals surface area contributed by atoms with E-state index in [-0.39, 0.29) is 17.0 Å². The maximum absolute atomic E-state index is 11.0. The number of aldehydes is 1. The first-order valence-corrected chi connectivity index (χ1v) is 5.55. The van der Waals surface area contributed by atoms with Crippen LogP contribution in [-0.2, 0) is 0 Å². The summed E-state index contributed by atoms with van der Waals surface area (Å²) in [5.74, 6) is 0.571. The first-order chi connectivity index (χ1) is 9.63. The molecule has 0 bridgehead atoms. The molecule has 0 aromatic heterocycles. The van der Waals surface area contributed by atoms with Gasteiger partial charge in [0.15, 0.2) is 6.29 Å². The quantitative estimate of drug-likeness (QED) is 0.482. The summed E-state index contributed by atoms with van der Waals surface area (Å²) in [6.07, 6.45) is 0.483. The average Bonchev–Trinajstić information content (AvgIpc) is 2.47. The lowest BCUT2D eigenvalue weighted by atomic mass is 10.2. The Labute approximate surface area is 114 Å². The fourth-order valence-corrected chi connectivity index (χ4v) is 1.59. The average molecular weight is 268 g/mol. The molecule has 0 saturated heterocycles. The van der Waals surface area contributed by atoms with Crippen LogP contribution in [0.1, 0.15) is 15.9 Å². The van der Waals surface area contributed by atoms with Gasteiger partial charge < -0.3 is 4.74 Å². The Kier molecular flexibility index (Phi) is 3.72. The van der Waals surface area contributed by atoms with Gasteiger partial charge in [-0.3, -0.25) is 14.9 Å². The largest absolute Gasteiger partial charge is 0.457 e. The maximum Gasteiger partial charge on any atom is 0.270 e. The van der Waals surface area contributed by atoms with E-state index in [2.05, 4.69) is 0 Å². The molecule has 98 valence electrons. The lowest BCUT2D eigenvalue weighted by molar-refractivity contribution is -0.384. The number of benzene rings is 2. The molecular weight excluding hydrogens is 260 g/mol. The van der Waals surface area contributed by atoms with Gasteiger partial charge in [-0.25, -0.2) is 0 Å². The first kappa shape index (κ1) is 13.2. The molecule has 0 unspecified atom stereocenters. The molecule has 0 aliphatic heterocycles. The van der Waals surface area contributed by atoms with E-state index >= 15 is 0 Å². The van der Waals surface area contributed by atoms with Crippen LogP contribution in [-0.4, -0.2) is 11.2 Å². The van der Waals surface area contributed by atoms with Gasteiger partial charge in [-0.15, -0.1) is 0 Å². The number of nitro groups is 1. The summed E-state index contributed by atoms with van der Waals surface area (Å²) in [6, 6.07) is 12.1. The molecule has 6 heteroatoms. The molecule has 0 spiro atoms. The first-order valence-electron chi connectivity index (χ1n) is 5.55. The summed E-state index contributed by atoms with van der Waals surface area (Å²) in [4.78, 5) is 21.0. The van der Waals surface area contributed by atoms with Crippen LogP contribution in [0.2, 0.25) is 0 Å². The van der Waals surface area contributed by atoms with Crippen molar-refractivity contribution in [2.45, 2.75) is 0 Å². The van der Waals surface area contributed by atoms with Crippen molar-refractivity contribution in [3.63, 3.8) is 0 Å². The molecule has 2 aromatic rings. The zero-order valence-corrected chi connectivity index (χ0v) is 10.1. The van der Waals surface area contributed by atoms with Crippen molar-refractivity contribution in [2.24, 2.45) is 0 Å². The highest BCUT2D eigenvalue weighted by atomic mass is 16.6. The SMILES string of the molecule is N#Cc1cccc(Oc2ccc([N+](=O)[O-])cc2C=O)c1. The summed E-state index contributed by atoms with van der Waals surface area (Å²) >= 11 is 0. The van der Waals surface area contributed by atoms with Gasteiger partial charge in [0.25, 0.3) is 5.69 Å². The van der Waals surface area contributed by atoms with Crippen LogP contribution in [0.3, 0.4) is 0 Å². The van der Waals surface area contributed by atoms with Crippen molar-refractivity contribution in [3.05, 3.63) is 63.7 Å². The van der Waals surface area contributed by atoms with Crippen LogP contribution in [0, 0.1) is 21.4 Å². The van der Waals surface area contributed by atoms with E-state index < -0.39 is 4.92 Å². The fraction of sp³-hybridized carbons (Fsp3) is 0. The van der Waals surface area contributed by atoms with Gasteiger partial charge >= 0.3 is 0 Å². The maximum atomic E-state index is 11.0. The second-order valence-electron chi connectivity index (χ2n) is 3.84. The van der Waals surface area contributed by atoms with Gasteiger partial charge in [0.2, 0.25) is 0 Å². The molecule has 2 aromatic carbocycles.